The average molecular weight is 205 g/mol. The molecule has 1 rings (SSSR count). The highest BCUT2D eigenvalue weighted by molar-refractivity contribution is 4.82. The van der Waals surface area contributed by atoms with Crippen molar-refractivity contribution in [3.63, 3.8) is 0 Å². The Morgan fingerprint density at radius 3 is 2.14 bits per heavy atom. The van der Waals surface area contributed by atoms with Gasteiger partial charge in [-0.3, -0.25) is 0 Å². The third-order valence-corrected chi connectivity index (χ3v) is 3.26. The van der Waals surface area contributed by atoms with Crippen LogP contribution in [0.4, 0.5) is 8.78 Å². The lowest BCUT2D eigenvalue weighted by atomic mass is 9.87. The molecule has 14 heavy (non-hydrogen) atoms. The molecule has 1 atom stereocenters. The van der Waals surface area contributed by atoms with Crippen LogP contribution in [0.3, 0.4) is 0 Å². The maximum Gasteiger partial charge on any atom is 0.260 e. The first-order chi connectivity index (χ1) is 6.39. The summed E-state index contributed by atoms with van der Waals surface area (Å²) in [5, 5.41) is 3.03. The van der Waals surface area contributed by atoms with E-state index in [0.29, 0.717) is 6.04 Å². The number of hydrogen-bond acceptors (Lipinski definition) is 1. The quantitative estimate of drug-likeness (QED) is 0.746. The van der Waals surface area contributed by atoms with Crippen LogP contribution >= 0.6 is 0 Å². The van der Waals surface area contributed by atoms with Gasteiger partial charge >= 0.3 is 0 Å². The zero-order valence-corrected chi connectivity index (χ0v) is 9.32. The second-order valence-electron chi connectivity index (χ2n) is 4.80. The van der Waals surface area contributed by atoms with Gasteiger partial charge in [0.15, 0.2) is 0 Å². The Hall–Kier alpha value is -0.180. The van der Waals surface area contributed by atoms with E-state index in [-0.39, 0.29) is 0 Å². The van der Waals surface area contributed by atoms with Gasteiger partial charge in [-0.1, -0.05) is 6.92 Å². The summed E-state index contributed by atoms with van der Waals surface area (Å²) in [7, 11) is 0. The van der Waals surface area contributed by atoms with Crippen LogP contribution < -0.4 is 5.32 Å². The molecule has 1 aliphatic carbocycles. The summed E-state index contributed by atoms with van der Waals surface area (Å²) >= 11 is 0. The van der Waals surface area contributed by atoms with E-state index in [1.54, 1.807) is 6.92 Å². The molecule has 1 N–H and O–H groups in total. The molecule has 0 amide bonds. The van der Waals surface area contributed by atoms with E-state index in [1.807, 2.05) is 0 Å². The highest BCUT2D eigenvalue weighted by Crippen LogP contribution is 2.25. The fourth-order valence-corrected chi connectivity index (χ4v) is 1.93. The van der Waals surface area contributed by atoms with E-state index < -0.39 is 12.0 Å². The Kier molecular flexibility index (Phi) is 3.87. The van der Waals surface area contributed by atoms with Crippen molar-refractivity contribution >= 4 is 0 Å². The van der Waals surface area contributed by atoms with Crippen LogP contribution in [-0.4, -0.2) is 18.0 Å². The number of alkyl halides is 2. The van der Waals surface area contributed by atoms with Crippen molar-refractivity contribution in [2.45, 2.75) is 64.5 Å². The maximum atomic E-state index is 12.9. The first-order valence-corrected chi connectivity index (χ1v) is 5.53. The number of hydrogen-bond donors (Lipinski definition) is 1. The Labute approximate surface area is 85.3 Å². The van der Waals surface area contributed by atoms with Crippen LogP contribution in [0.25, 0.3) is 0 Å². The summed E-state index contributed by atoms with van der Waals surface area (Å²) in [6, 6.07) is -0.409. The second kappa shape index (κ2) is 4.56. The lowest BCUT2D eigenvalue weighted by molar-refractivity contribution is -0.0176. The second-order valence-corrected chi connectivity index (χ2v) is 4.80. The fourth-order valence-electron chi connectivity index (χ4n) is 1.93. The van der Waals surface area contributed by atoms with Gasteiger partial charge in [0.2, 0.25) is 0 Å². The Balaban J connectivity index is 2.31. The van der Waals surface area contributed by atoms with Gasteiger partial charge in [-0.05, 0) is 38.5 Å². The summed E-state index contributed by atoms with van der Waals surface area (Å²) in [6.45, 7) is 4.78. The molecule has 1 saturated carbocycles. The standard InChI is InChI=1S/C11H21F2N/c1-8-4-6-10(7-5-8)14-9(2)11(3,12)13/h8-10,14H,4-7H2,1-3H3. The molecule has 0 aromatic heterocycles. The van der Waals surface area contributed by atoms with E-state index in [0.717, 1.165) is 25.7 Å². The molecular weight excluding hydrogens is 184 g/mol. The van der Waals surface area contributed by atoms with E-state index in [2.05, 4.69) is 12.2 Å². The first kappa shape index (κ1) is 11.9. The van der Waals surface area contributed by atoms with Crippen molar-refractivity contribution in [1.82, 2.24) is 5.32 Å². The monoisotopic (exact) mass is 205 g/mol. The molecule has 0 aliphatic heterocycles. The highest BCUT2D eigenvalue weighted by atomic mass is 19.3. The maximum absolute atomic E-state index is 12.9. The topological polar surface area (TPSA) is 12.0 Å². The van der Waals surface area contributed by atoms with Crippen LogP contribution in [0.1, 0.15) is 46.5 Å². The minimum Gasteiger partial charge on any atom is -0.306 e. The van der Waals surface area contributed by atoms with Crippen LogP contribution in [0.15, 0.2) is 0 Å². The van der Waals surface area contributed by atoms with E-state index in [9.17, 15) is 8.78 Å². The molecule has 0 saturated heterocycles. The average Bonchev–Trinajstić information content (AvgIpc) is 2.07. The van der Waals surface area contributed by atoms with Crippen molar-refractivity contribution < 1.29 is 8.78 Å². The molecule has 1 aliphatic rings. The predicted molar refractivity (Wildman–Crippen MR) is 54.6 cm³/mol. The molecule has 1 nitrogen and oxygen atoms in total. The summed E-state index contributed by atoms with van der Waals surface area (Å²) in [4.78, 5) is 0. The molecule has 3 heteroatoms. The number of rotatable bonds is 3. The molecule has 0 heterocycles. The smallest absolute Gasteiger partial charge is 0.260 e. The molecule has 0 aromatic carbocycles. The molecule has 0 radical (unpaired) electrons. The lowest BCUT2D eigenvalue weighted by Gasteiger charge is -2.31. The molecular formula is C11H21F2N. The van der Waals surface area contributed by atoms with Crippen molar-refractivity contribution in [2.75, 3.05) is 0 Å². The Morgan fingerprint density at radius 2 is 1.71 bits per heavy atom. The van der Waals surface area contributed by atoms with Gasteiger partial charge in [-0.15, -0.1) is 0 Å². The van der Waals surface area contributed by atoms with Gasteiger partial charge < -0.3 is 5.32 Å². The SMILES string of the molecule is CC1CCC(NC(C)C(C)(F)F)CC1. The van der Waals surface area contributed by atoms with Gasteiger partial charge in [-0.2, -0.15) is 0 Å². The summed E-state index contributed by atoms with van der Waals surface area (Å²) < 4.78 is 25.8. The van der Waals surface area contributed by atoms with Gasteiger partial charge in [0, 0.05) is 13.0 Å². The largest absolute Gasteiger partial charge is 0.306 e. The van der Waals surface area contributed by atoms with Crippen molar-refractivity contribution in [2.24, 2.45) is 5.92 Å². The van der Waals surface area contributed by atoms with E-state index in [4.69, 9.17) is 0 Å². The zero-order valence-electron chi connectivity index (χ0n) is 9.32. The van der Waals surface area contributed by atoms with Crippen molar-refractivity contribution in [3.05, 3.63) is 0 Å². The minimum atomic E-state index is -2.61. The number of halogens is 2. The highest BCUT2D eigenvalue weighted by Gasteiger charge is 2.32. The normalized spacial score (nSPS) is 31.5. The molecule has 1 fully saturated rings. The van der Waals surface area contributed by atoms with Crippen LogP contribution in [-0.2, 0) is 0 Å². The van der Waals surface area contributed by atoms with Crippen LogP contribution in [0.5, 0.6) is 0 Å². The van der Waals surface area contributed by atoms with Crippen LogP contribution in [0.2, 0.25) is 0 Å². The Morgan fingerprint density at radius 1 is 1.21 bits per heavy atom. The third kappa shape index (κ3) is 3.52. The van der Waals surface area contributed by atoms with Gasteiger partial charge in [0.05, 0.1) is 6.04 Å². The van der Waals surface area contributed by atoms with Gasteiger partial charge in [0.1, 0.15) is 0 Å². The Bertz CT molecular complexity index is 169. The van der Waals surface area contributed by atoms with Gasteiger partial charge in [0.25, 0.3) is 5.92 Å². The molecule has 84 valence electrons. The molecule has 1 unspecified atom stereocenters. The van der Waals surface area contributed by atoms with Gasteiger partial charge in [-0.25, -0.2) is 8.78 Å². The third-order valence-electron chi connectivity index (χ3n) is 3.26. The predicted octanol–water partition coefficient (Wildman–Crippen LogP) is 3.20. The summed E-state index contributed by atoms with van der Waals surface area (Å²) in [6.07, 6.45) is 4.42. The van der Waals surface area contributed by atoms with E-state index in [1.165, 1.54) is 12.8 Å². The zero-order chi connectivity index (χ0) is 10.8. The minimum absolute atomic E-state index is 0.298. The van der Waals surface area contributed by atoms with Crippen molar-refractivity contribution in [1.29, 1.82) is 0 Å². The van der Waals surface area contributed by atoms with Crippen molar-refractivity contribution in [3.8, 4) is 0 Å². The van der Waals surface area contributed by atoms with E-state index >= 15 is 0 Å². The summed E-state index contributed by atoms with van der Waals surface area (Å²) in [5.41, 5.74) is 0. The molecule has 0 spiro atoms. The summed E-state index contributed by atoms with van der Waals surface area (Å²) in [5.74, 6) is -1.84. The lowest BCUT2D eigenvalue weighted by Crippen LogP contribution is -2.47. The molecule has 0 aromatic rings. The first-order valence-electron chi connectivity index (χ1n) is 5.53. The fraction of sp³-hybridized carbons (Fsp3) is 1.00. The molecule has 0 bridgehead atoms. The number of nitrogens with one attached hydrogen (secondary N) is 1. The van der Waals surface area contributed by atoms with Crippen LogP contribution in [0, 0.1) is 5.92 Å².